The van der Waals surface area contributed by atoms with E-state index in [0.717, 1.165) is 17.2 Å². The number of benzene rings is 2. The second-order valence-electron chi connectivity index (χ2n) is 9.76. The van der Waals surface area contributed by atoms with Crippen LogP contribution in [-0.4, -0.2) is 37.2 Å². The Kier molecular flexibility index (Phi) is 7.58. The van der Waals surface area contributed by atoms with Crippen LogP contribution in [0.5, 0.6) is 5.75 Å². The van der Waals surface area contributed by atoms with Crippen molar-refractivity contribution in [3.8, 4) is 5.75 Å². The van der Waals surface area contributed by atoms with Gasteiger partial charge < -0.3 is 4.74 Å². The highest BCUT2D eigenvalue weighted by Crippen LogP contribution is 2.36. The molecule has 0 aliphatic rings. The third kappa shape index (κ3) is 6.32. The highest BCUT2D eigenvalue weighted by molar-refractivity contribution is 5.33. The van der Waals surface area contributed by atoms with Crippen LogP contribution in [0.4, 0.5) is 13.2 Å². The molecule has 2 heterocycles. The number of pyridine rings is 1. The van der Waals surface area contributed by atoms with Gasteiger partial charge in [-0.25, -0.2) is 4.68 Å². The number of tetrazole rings is 1. The molecule has 0 unspecified atom stereocenters. The van der Waals surface area contributed by atoms with E-state index in [4.69, 9.17) is 4.74 Å². The largest absolute Gasteiger partial charge is 0.497 e. The number of aromatic nitrogens is 5. The number of hydrogen-bond acceptors (Lipinski definition) is 6. The van der Waals surface area contributed by atoms with Crippen LogP contribution >= 0.6 is 0 Å². The van der Waals surface area contributed by atoms with E-state index in [-0.39, 0.29) is 0 Å². The van der Waals surface area contributed by atoms with Crippen LogP contribution in [0.3, 0.4) is 0 Å². The van der Waals surface area contributed by atoms with Crippen LogP contribution in [0.25, 0.3) is 0 Å². The van der Waals surface area contributed by atoms with E-state index in [1.807, 2.05) is 57.2 Å². The zero-order chi connectivity index (χ0) is 26.6. The Morgan fingerprint density at radius 2 is 1.68 bits per heavy atom. The van der Waals surface area contributed by atoms with Gasteiger partial charge in [0.1, 0.15) is 5.75 Å². The summed E-state index contributed by atoms with van der Waals surface area (Å²) in [5.41, 5.74) is 1.07. The number of nitrogens with zero attached hydrogens (tertiary/aromatic N) is 6. The third-order valence-corrected chi connectivity index (χ3v) is 5.92. The Morgan fingerprint density at radius 3 is 2.30 bits per heavy atom. The first-order chi connectivity index (χ1) is 17.6. The maximum Gasteiger partial charge on any atom is 0.416 e. The number of alkyl halides is 3. The van der Waals surface area contributed by atoms with Gasteiger partial charge in [0.15, 0.2) is 5.82 Å². The molecule has 10 heteroatoms. The van der Waals surface area contributed by atoms with Crippen molar-refractivity contribution < 1.29 is 17.9 Å². The zero-order valence-electron chi connectivity index (χ0n) is 21.1. The molecule has 37 heavy (non-hydrogen) atoms. The maximum atomic E-state index is 13.7. The second-order valence-corrected chi connectivity index (χ2v) is 9.76. The van der Waals surface area contributed by atoms with Crippen molar-refractivity contribution in [2.45, 2.75) is 51.6 Å². The van der Waals surface area contributed by atoms with E-state index in [0.29, 0.717) is 30.2 Å². The predicted octanol–water partition coefficient (Wildman–Crippen LogP) is 5.64. The first-order valence-corrected chi connectivity index (χ1v) is 11.8. The SMILES string of the molecule is COc1ccc(CN(Cc2cccnc2)[C@H](c2cccc(C(F)(F)F)c2)c2nnnn2C(C)(C)C)cc1. The monoisotopic (exact) mass is 510 g/mol. The quantitative estimate of drug-likeness (QED) is 0.306. The standard InChI is InChI=1S/C27H29F3N6O/c1-26(2,3)36-25(32-33-34-36)24(21-8-5-9-22(15-21)27(28,29)30)35(18-20-7-6-14-31-16-20)17-19-10-12-23(37-4)13-11-19/h5-16,24H,17-18H2,1-4H3/t24-/m1/s1. The summed E-state index contributed by atoms with van der Waals surface area (Å²) >= 11 is 0. The van der Waals surface area contributed by atoms with E-state index >= 15 is 0 Å². The number of hydrogen-bond donors (Lipinski definition) is 0. The van der Waals surface area contributed by atoms with E-state index in [2.05, 4.69) is 25.4 Å². The van der Waals surface area contributed by atoms with Crippen LogP contribution in [0.1, 0.15) is 54.9 Å². The maximum absolute atomic E-state index is 13.7. The van der Waals surface area contributed by atoms with Crippen molar-refractivity contribution in [3.05, 3.63) is 101 Å². The molecular weight excluding hydrogens is 481 g/mol. The summed E-state index contributed by atoms with van der Waals surface area (Å²) in [4.78, 5) is 6.29. The van der Waals surface area contributed by atoms with Crippen LogP contribution in [-0.2, 0) is 24.8 Å². The first kappa shape index (κ1) is 26.3. The number of ether oxygens (including phenoxy) is 1. The summed E-state index contributed by atoms with van der Waals surface area (Å²) in [6, 6.07) is 16.0. The molecule has 2 aromatic carbocycles. The van der Waals surface area contributed by atoms with Crippen molar-refractivity contribution in [3.63, 3.8) is 0 Å². The van der Waals surface area contributed by atoms with Gasteiger partial charge in [-0.15, -0.1) is 5.10 Å². The van der Waals surface area contributed by atoms with Gasteiger partial charge >= 0.3 is 6.18 Å². The molecule has 4 rings (SSSR count). The highest BCUT2D eigenvalue weighted by Gasteiger charge is 2.35. The molecule has 0 saturated carbocycles. The molecule has 2 aromatic heterocycles. The molecule has 1 atom stereocenters. The Hall–Kier alpha value is -3.79. The summed E-state index contributed by atoms with van der Waals surface area (Å²) in [6.07, 6.45) is -1.06. The van der Waals surface area contributed by atoms with Gasteiger partial charge in [-0.1, -0.05) is 30.3 Å². The molecule has 0 bridgehead atoms. The minimum atomic E-state index is -4.49. The van der Waals surface area contributed by atoms with Crippen molar-refractivity contribution in [1.82, 2.24) is 30.1 Å². The van der Waals surface area contributed by atoms with Gasteiger partial charge in [0.25, 0.3) is 0 Å². The predicted molar refractivity (Wildman–Crippen MR) is 133 cm³/mol. The Bertz CT molecular complexity index is 1300. The third-order valence-electron chi connectivity index (χ3n) is 5.92. The fraction of sp³-hybridized carbons (Fsp3) is 0.333. The van der Waals surface area contributed by atoms with Gasteiger partial charge in [0.05, 0.1) is 24.3 Å². The van der Waals surface area contributed by atoms with Gasteiger partial charge in [0, 0.05) is 25.5 Å². The van der Waals surface area contributed by atoms with Crippen LogP contribution in [0.15, 0.2) is 73.1 Å². The Morgan fingerprint density at radius 1 is 0.946 bits per heavy atom. The average Bonchev–Trinajstić information content (AvgIpc) is 3.35. The summed E-state index contributed by atoms with van der Waals surface area (Å²) in [6.45, 7) is 6.66. The Labute approximate surface area is 213 Å². The van der Waals surface area contributed by atoms with Gasteiger partial charge in [0.2, 0.25) is 0 Å². The van der Waals surface area contributed by atoms with Crippen molar-refractivity contribution in [2.24, 2.45) is 0 Å². The van der Waals surface area contributed by atoms with Crippen molar-refractivity contribution in [2.75, 3.05) is 7.11 Å². The lowest BCUT2D eigenvalue weighted by atomic mass is 9.98. The summed E-state index contributed by atoms with van der Waals surface area (Å²) < 4.78 is 48.1. The molecule has 4 aromatic rings. The lowest BCUT2D eigenvalue weighted by Gasteiger charge is -2.33. The Balaban J connectivity index is 1.88. The molecule has 0 aliphatic heterocycles. The fourth-order valence-corrected chi connectivity index (χ4v) is 4.18. The minimum Gasteiger partial charge on any atom is -0.497 e. The fourth-order valence-electron chi connectivity index (χ4n) is 4.18. The normalized spacial score (nSPS) is 13.1. The van der Waals surface area contributed by atoms with Gasteiger partial charge in [-0.2, -0.15) is 13.2 Å². The summed E-state index contributed by atoms with van der Waals surface area (Å²) in [5, 5.41) is 12.4. The molecule has 0 fully saturated rings. The van der Waals surface area contributed by atoms with Crippen molar-refractivity contribution in [1.29, 1.82) is 0 Å². The number of halogens is 3. The average molecular weight is 511 g/mol. The number of rotatable bonds is 8. The summed E-state index contributed by atoms with van der Waals surface area (Å²) in [7, 11) is 1.60. The van der Waals surface area contributed by atoms with Crippen molar-refractivity contribution >= 4 is 0 Å². The molecule has 0 radical (unpaired) electrons. The lowest BCUT2D eigenvalue weighted by molar-refractivity contribution is -0.137. The molecule has 7 nitrogen and oxygen atoms in total. The lowest BCUT2D eigenvalue weighted by Crippen LogP contribution is -2.35. The van der Waals surface area contributed by atoms with Crippen LogP contribution in [0, 0.1) is 0 Å². The molecule has 194 valence electrons. The van der Waals surface area contributed by atoms with E-state index < -0.39 is 23.3 Å². The molecule has 0 saturated heterocycles. The molecule has 0 aliphatic carbocycles. The van der Waals surface area contributed by atoms with E-state index in [9.17, 15) is 13.2 Å². The minimum absolute atomic E-state index is 0.401. The highest BCUT2D eigenvalue weighted by atomic mass is 19.4. The van der Waals surface area contributed by atoms with E-state index in [1.54, 1.807) is 30.3 Å². The number of methoxy groups -OCH3 is 1. The van der Waals surface area contributed by atoms with Gasteiger partial charge in [-0.05, 0) is 78.2 Å². The van der Waals surface area contributed by atoms with E-state index in [1.165, 1.54) is 12.1 Å². The second kappa shape index (κ2) is 10.7. The molecule has 0 spiro atoms. The van der Waals surface area contributed by atoms with Crippen LogP contribution < -0.4 is 4.74 Å². The topological polar surface area (TPSA) is 69.0 Å². The van der Waals surface area contributed by atoms with Crippen LogP contribution in [0.2, 0.25) is 0 Å². The first-order valence-electron chi connectivity index (χ1n) is 11.8. The molecule has 0 amide bonds. The molecular formula is C27H29F3N6O. The smallest absolute Gasteiger partial charge is 0.416 e. The molecule has 0 N–H and O–H groups in total. The van der Waals surface area contributed by atoms with Gasteiger partial charge in [-0.3, -0.25) is 9.88 Å². The zero-order valence-corrected chi connectivity index (χ0v) is 21.1. The summed E-state index contributed by atoms with van der Waals surface area (Å²) in [5.74, 6) is 1.16.